The highest BCUT2D eigenvalue weighted by Crippen LogP contribution is 2.41. The van der Waals surface area contributed by atoms with E-state index >= 15 is 0 Å². The molecular formula is C23H22N2O2S. The quantitative estimate of drug-likeness (QED) is 0.406. The molecule has 0 aliphatic rings. The van der Waals surface area contributed by atoms with Gasteiger partial charge >= 0.3 is 0 Å². The maximum absolute atomic E-state index is 5.31. The lowest BCUT2D eigenvalue weighted by Gasteiger charge is -2.05. The molecule has 0 atom stereocenters. The van der Waals surface area contributed by atoms with Crippen molar-refractivity contribution in [2.45, 2.75) is 13.5 Å². The molecule has 0 fully saturated rings. The van der Waals surface area contributed by atoms with Gasteiger partial charge in [0.1, 0.15) is 16.5 Å². The van der Waals surface area contributed by atoms with E-state index in [0.29, 0.717) is 0 Å². The van der Waals surface area contributed by atoms with Gasteiger partial charge in [0.15, 0.2) is 0 Å². The molecule has 5 heteroatoms. The molecule has 4 aromatic rings. The summed E-state index contributed by atoms with van der Waals surface area (Å²) >= 11 is 1.71. The van der Waals surface area contributed by atoms with E-state index in [9.17, 15) is 0 Å². The molecule has 0 aliphatic heterocycles. The van der Waals surface area contributed by atoms with Gasteiger partial charge < -0.3 is 14.0 Å². The Morgan fingerprint density at radius 2 is 1.46 bits per heavy atom. The van der Waals surface area contributed by atoms with Crippen molar-refractivity contribution in [3.05, 3.63) is 66.9 Å². The summed E-state index contributed by atoms with van der Waals surface area (Å²) in [5.41, 5.74) is 4.33. The van der Waals surface area contributed by atoms with Crippen LogP contribution < -0.4 is 9.47 Å². The predicted molar refractivity (Wildman–Crippen MR) is 115 cm³/mol. The van der Waals surface area contributed by atoms with Gasteiger partial charge in [-0.25, -0.2) is 4.98 Å². The molecule has 0 amide bonds. The molecule has 2 heterocycles. The van der Waals surface area contributed by atoms with E-state index < -0.39 is 0 Å². The molecule has 2 aromatic carbocycles. The number of hydrogen-bond donors (Lipinski definition) is 0. The molecule has 0 saturated heterocycles. The second-order valence-electron chi connectivity index (χ2n) is 6.33. The molecule has 4 nitrogen and oxygen atoms in total. The van der Waals surface area contributed by atoms with Gasteiger partial charge in [-0.3, -0.25) is 0 Å². The van der Waals surface area contributed by atoms with Gasteiger partial charge in [-0.05, 0) is 73.2 Å². The highest BCUT2D eigenvalue weighted by atomic mass is 32.1. The number of benzene rings is 2. The highest BCUT2D eigenvalue weighted by Gasteiger charge is 2.18. The summed E-state index contributed by atoms with van der Waals surface area (Å²) in [7, 11) is 3.36. The highest BCUT2D eigenvalue weighted by molar-refractivity contribution is 7.18. The second kappa shape index (κ2) is 7.90. The molecule has 0 unspecified atom stereocenters. The first-order chi connectivity index (χ1) is 13.7. The van der Waals surface area contributed by atoms with Crippen LogP contribution in [-0.4, -0.2) is 23.8 Å². The molecule has 28 heavy (non-hydrogen) atoms. The SMILES string of the molecule is CCn1cccc1-c1nc(-c2ccc(OC)cc2)c(-c2ccc(OC)cc2)s1. The van der Waals surface area contributed by atoms with Crippen molar-refractivity contribution in [1.29, 1.82) is 0 Å². The first-order valence-electron chi connectivity index (χ1n) is 9.18. The summed E-state index contributed by atoms with van der Waals surface area (Å²) in [6.07, 6.45) is 2.09. The Morgan fingerprint density at radius 3 is 2.04 bits per heavy atom. The lowest BCUT2D eigenvalue weighted by molar-refractivity contribution is 0.414. The number of nitrogens with zero attached hydrogens (tertiary/aromatic N) is 2. The van der Waals surface area contributed by atoms with E-state index in [0.717, 1.165) is 50.4 Å². The third-order valence-electron chi connectivity index (χ3n) is 4.73. The van der Waals surface area contributed by atoms with E-state index in [1.54, 1.807) is 25.6 Å². The molecule has 142 valence electrons. The van der Waals surface area contributed by atoms with Crippen molar-refractivity contribution in [2.75, 3.05) is 14.2 Å². The van der Waals surface area contributed by atoms with Crippen LogP contribution in [0.3, 0.4) is 0 Å². The zero-order valence-electron chi connectivity index (χ0n) is 16.2. The fourth-order valence-corrected chi connectivity index (χ4v) is 4.33. The number of aryl methyl sites for hydroxylation is 1. The molecule has 0 aliphatic carbocycles. The first kappa shape index (κ1) is 18.3. The van der Waals surface area contributed by atoms with Crippen LogP contribution in [0.5, 0.6) is 11.5 Å². The fourth-order valence-electron chi connectivity index (χ4n) is 3.20. The predicted octanol–water partition coefficient (Wildman–Crippen LogP) is 5.98. The Morgan fingerprint density at radius 1 is 0.857 bits per heavy atom. The van der Waals surface area contributed by atoms with Crippen LogP contribution in [-0.2, 0) is 6.54 Å². The summed E-state index contributed by atoms with van der Waals surface area (Å²) in [5, 5.41) is 1.02. The molecule has 2 aromatic heterocycles. The van der Waals surface area contributed by atoms with Crippen LogP contribution in [0.4, 0.5) is 0 Å². The van der Waals surface area contributed by atoms with Crippen LogP contribution in [0.2, 0.25) is 0 Å². The summed E-state index contributed by atoms with van der Waals surface area (Å²) in [6.45, 7) is 3.06. The molecule has 0 saturated carbocycles. The fraction of sp³-hybridized carbons (Fsp3) is 0.174. The van der Waals surface area contributed by atoms with Gasteiger partial charge in [-0.1, -0.05) is 0 Å². The Kier molecular flexibility index (Phi) is 5.17. The lowest BCUT2D eigenvalue weighted by Crippen LogP contribution is -1.94. The van der Waals surface area contributed by atoms with Crippen LogP contribution in [0, 0.1) is 0 Å². The van der Waals surface area contributed by atoms with Gasteiger partial charge in [0.2, 0.25) is 0 Å². The van der Waals surface area contributed by atoms with Gasteiger partial charge in [0.05, 0.1) is 30.5 Å². The van der Waals surface area contributed by atoms with Gasteiger partial charge in [0, 0.05) is 18.3 Å². The average Bonchev–Trinajstić information content (AvgIpc) is 3.40. The zero-order valence-corrected chi connectivity index (χ0v) is 17.0. The lowest BCUT2D eigenvalue weighted by atomic mass is 10.1. The number of methoxy groups -OCH3 is 2. The smallest absolute Gasteiger partial charge is 0.141 e. The van der Waals surface area contributed by atoms with Crippen LogP contribution in [0.1, 0.15) is 6.92 Å². The molecule has 0 bridgehead atoms. The zero-order chi connectivity index (χ0) is 19.5. The number of aromatic nitrogens is 2. The van der Waals surface area contributed by atoms with Crippen molar-refractivity contribution >= 4 is 11.3 Å². The summed E-state index contributed by atoms with van der Waals surface area (Å²) < 4.78 is 12.8. The summed E-state index contributed by atoms with van der Waals surface area (Å²) in [6, 6.07) is 20.4. The third-order valence-corrected chi connectivity index (χ3v) is 5.86. The van der Waals surface area contributed by atoms with E-state index in [1.807, 2.05) is 24.3 Å². The number of ether oxygens (including phenoxy) is 2. The number of rotatable bonds is 6. The second-order valence-corrected chi connectivity index (χ2v) is 7.33. The minimum Gasteiger partial charge on any atom is -0.497 e. The number of hydrogen-bond acceptors (Lipinski definition) is 4. The Labute approximate surface area is 169 Å². The van der Waals surface area contributed by atoms with Crippen molar-refractivity contribution in [2.24, 2.45) is 0 Å². The van der Waals surface area contributed by atoms with Crippen LogP contribution in [0.25, 0.3) is 32.4 Å². The third kappa shape index (κ3) is 3.41. The normalized spacial score (nSPS) is 10.8. The van der Waals surface area contributed by atoms with Gasteiger partial charge in [-0.15, -0.1) is 11.3 Å². The van der Waals surface area contributed by atoms with Crippen molar-refractivity contribution in [3.63, 3.8) is 0 Å². The van der Waals surface area contributed by atoms with Crippen molar-refractivity contribution < 1.29 is 9.47 Å². The van der Waals surface area contributed by atoms with Gasteiger partial charge in [0.25, 0.3) is 0 Å². The largest absolute Gasteiger partial charge is 0.497 e. The summed E-state index contributed by atoms with van der Waals surface area (Å²) in [5.74, 6) is 1.68. The Hall–Kier alpha value is -3.05. The van der Waals surface area contributed by atoms with Gasteiger partial charge in [-0.2, -0.15) is 0 Å². The van der Waals surface area contributed by atoms with Crippen LogP contribution >= 0.6 is 11.3 Å². The topological polar surface area (TPSA) is 36.3 Å². The average molecular weight is 391 g/mol. The Balaban J connectivity index is 1.86. The van der Waals surface area contributed by atoms with E-state index in [-0.39, 0.29) is 0 Å². The van der Waals surface area contributed by atoms with E-state index in [4.69, 9.17) is 14.5 Å². The minimum atomic E-state index is 0.838. The molecule has 0 radical (unpaired) electrons. The van der Waals surface area contributed by atoms with Crippen LogP contribution in [0.15, 0.2) is 66.9 Å². The first-order valence-corrected chi connectivity index (χ1v) is 10.00. The number of thiazole rings is 1. The molecule has 4 rings (SSSR count). The monoisotopic (exact) mass is 390 g/mol. The van der Waals surface area contributed by atoms with E-state index in [1.165, 1.54) is 0 Å². The summed E-state index contributed by atoms with van der Waals surface area (Å²) in [4.78, 5) is 6.18. The van der Waals surface area contributed by atoms with E-state index in [2.05, 4.69) is 54.1 Å². The Bertz CT molecular complexity index is 998. The minimum absolute atomic E-state index is 0.838. The maximum atomic E-state index is 5.31. The molecule has 0 spiro atoms. The van der Waals surface area contributed by atoms with Crippen molar-refractivity contribution in [1.82, 2.24) is 9.55 Å². The molecule has 0 N–H and O–H groups in total. The standard InChI is InChI=1S/C23H22N2O2S/c1-4-25-15-5-6-20(25)23-24-21(16-7-11-18(26-2)12-8-16)22(28-23)17-9-13-19(27-3)14-10-17/h5-15H,4H2,1-3H3. The van der Waals surface area contributed by atoms with Crippen molar-refractivity contribution in [3.8, 4) is 43.9 Å². The maximum Gasteiger partial charge on any atom is 0.141 e. The molecular weight excluding hydrogens is 368 g/mol.